The lowest BCUT2D eigenvalue weighted by atomic mass is 10.0. The van der Waals surface area contributed by atoms with Crippen LogP contribution in [0.4, 0.5) is 0 Å². The molecule has 0 amide bonds. The van der Waals surface area contributed by atoms with E-state index in [4.69, 9.17) is 9.84 Å². The number of aliphatic hydroxyl groups is 1. The highest BCUT2D eigenvalue weighted by Crippen LogP contribution is 2.29. The van der Waals surface area contributed by atoms with E-state index < -0.39 is 0 Å². The molecule has 0 aliphatic carbocycles. The number of ether oxygens (including phenoxy) is 1. The summed E-state index contributed by atoms with van der Waals surface area (Å²) in [4.78, 5) is 2.07. The molecule has 0 atom stereocenters. The molecular formula is C13H21NO3. The average Bonchev–Trinajstić information content (AvgIpc) is 2.28. The molecule has 0 aliphatic heterocycles. The van der Waals surface area contributed by atoms with Crippen LogP contribution < -0.4 is 4.74 Å². The lowest BCUT2D eigenvalue weighted by Gasteiger charge is -2.16. The van der Waals surface area contributed by atoms with Gasteiger partial charge in [-0.2, -0.15) is 0 Å². The summed E-state index contributed by atoms with van der Waals surface area (Å²) >= 11 is 0. The molecule has 1 aromatic carbocycles. The predicted octanol–water partition coefficient (Wildman–Crippen LogP) is 1.18. The zero-order valence-corrected chi connectivity index (χ0v) is 10.7. The summed E-state index contributed by atoms with van der Waals surface area (Å²) in [5.41, 5.74) is 2.21. The second-order valence-electron chi connectivity index (χ2n) is 4.23. The Hall–Kier alpha value is -1.26. The van der Waals surface area contributed by atoms with Crippen molar-refractivity contribution >= 4 is 0 Å². The monoisotopic (exact) mass is 239 g/mol. The lowest BCUT2D eigenvalue weighted by Crippen LogP contribution is -2.24. The fourth-order valence-electron chi connectivity index (χ4n) is 1.74. The second-order valence-corrected chi connectivity index (χ2v) is 4.23. The number of hydrogen-bond donors (Lipinski definition) is 2. The maximum atomic E-state index is 9.61. The first-order chi connectivity index (χ1) is 8.08. The number of nitrogens with zero attached hydrogens (tertiary/aromatic N) is 1. The summed E-state index contributed by atoms with van der Waals surface area (Å²) in [6.45, 7) is 3.69. The zero-order chi connectivity index (χ0) is 12.8. The summed E-state index contributed by atoms with van der Waals surface area (Å²) < 4.78 is 5.09. The van der Waals surface area contributed by atoms with Crippen LogP contribution in [-0.2, 0) is 6.42 Å². The molecule has 4 heteroatoms. The number of benzene rings is 1. The molecule has 2 N–H and O–H groups in total. The molecule has 1 aromatic rings. The number of hydrogen-bond acceptors (Lipinski definition) is 4. The van der Waals surface area contributed by atoms with Crippen molar-refractivity contribution in [2.75, 3.05) is 33.9 Å². The van der Waals surface area contributed by atoms with Gasteiger partial charge < -0.3 is 19.8 Å². The molecule has 0 unspecified atom stereocenters. The quantitative estimate of drug-likeness (QED) is 0.782. The normalized spacial score (nSPS) is 10.9. The molecule has 4 nitrogen and oxygen atoms in total. The van der Waals surface area contributed by atoms with Crippen LogP contribution in [0.3, 0.4) is 0 Å². The third-order valence-corrected chi connectivity index (χ3v) is 2.88. The second kappa shape index (κ2) is 6.47. The number of likely N-dealkylation sites (N-methyl/N-ethyl adjacent to an activating group) is 1. The van der Waals surface area contributed by atoms with Crippen molar-refractivity contribution in [3.63, 3.8) is 0 Å². The highest BCUT2D eigenvalue weighted by molar-refractivity contribution is 5.46. The van der Waals surface area contributed by atoms with Gasteiger partial charge in [-0.3, -0.25) is 0 Å². The number of phenolic OH excluding ortho intramolecular Hbond substituents is 1. The Kier molecular flexibility index (Phi) is 5.25. The van der Waals surface area contributed by atoms with Crippen LogP contribution in [0.2, 0.25) is 0 Å². The van der Waals surface area contributed by atoms with Crippen molar-refractivity contribution in [2.24, 2.45) is 0 Å². The largest absolute Gasteiger partial charge is 0.504 e. The molecule has 0 radical (unpaired) electrons. The molecule has 96 valence electrons. The molecular weight excluding hydrogens is 218 g/mol. The first-order valence-electron chi connectivity index (χ1n) is 5.74. The van der Waals surface area contributed by atoms with E-state index in [1.165, 1.54) is 0 Å². The predicted molar refractivity (Wildman–Crippen MR) is 67.7 cm³/mol. The Morgan fingerprint density at radius 1 is 1.29 bits per heavy atom. The number of rotatable bonds is 6. The van der Waals surface area contributed by atoms with Crippen molar-refractivity contribution in [1.82, 2.24) is 4.90 Å². The van der Waals surface area contributed by atoms with E-state index in [2.05, 4.69) is 4.90 Å². The van der Waals surface area contributed by atoms with Crippen LogP contribution in [0, 0.1) is 6.92 Å². The molecule has 0 heterocycles. The summed E-state index contributed by atoms with van der Waals surface area (Å²) in [6.07, 6.45) is 0.874. The number of aliphatic hydroxyl groups excluding tert-OH is 1. The standard InChI is InChI=1S/C13H21NO3/c1-10-8-12(16)13(17-3)9-11(10)4-5-14(2)6-7-15/h8-9,15-16H,4-7H2,1-3H3. The minimum atomic E-state index is 0.175. The van der Waals surface area contributed by atoms with Gasteiger partial charge in [0.1, 0.15) is 0 Å². The van der Waals surface area contributed by atoms with Gasteiger partial charge in [-0.05, 0) is 43.7 Å². The smallest absolute Gasteiger partial charge is 0.160 e. The lowest BCUT2D eigenvalue weighted by molar-refractivity contribution is 0.223. The van der Waals surface area contributed by atoms with Crippen molar-refractivity contribution in [2.45, 2.75) is 13.3 Å². The number of phenols is 1. The molecule has 0 saturated heterocycles. The van der Waals surface area contributed by atoms with Crippen LogP contribution in [0.15, 0.2) is 12.1 Å². The van der Waals surface area contributed by atoms with Crippen LogP contribution in [0.25, 0.3) is 0 Å². The SMILES string of the molecule is COc1cc(CCN(C)CCO)c(C)cc1O. The highest BCUT2D eigenvalue weighted by atomic mass is 16.5. The summed E-state index contributed by atoms with van der Waals surface area (Å²) in [7, 11) is 3.52. The number of aromatic hydroxyl groups is 1. The van der Waals surface area contributed by atoms with Gasteiger partial charge in [0.05, 0.1) is 13.7 Å². The highest BCUT2D eigenvalue weighted by Gasteiger charge is 2.07. The summed E-state index contributed by atoms with van der Waals surface area (Å²) in [6, 6.07) is 3.59. The minimum Gasteiger partial charge on any atom is -0.504 e. The third kappa shape index (κ3) is 3.91. The Morgan fingerprint density at radius 3 is 2.59 bits per heavy atom. The Morgan fingerprint density at radius 2 is 2.00 bits per heavy atom. The van der Waals surface area contributed by atoms with Crippen LogP contribution >= 0.6 is 0 Å². The van der Waals surface area contributed by atoms with E-state index in [1.54, 1.807) is 13.2 Å². The van der Waals surface area contributed by atoms with E-state index >= 15 is 0 Å². The fraction of sp³-hybridized carbons (Fsp3) is 0.538. The van der Waals surface area contributed by atoms with Crippen LogP contribution in [-0.4, -0.2) is 49.0 Å². The summed E-state index contributed by atoms with van der Waals surface area (Å²) in [5, 5.41) is 18.4. The van der Waals surface area contributed by atoms with Gasteiger partial charge >= 0.3 is 0 Å². The molecule has 0 aliphatic rings. The van der Waals surface area contributed by atoms with Crippen molar-refractivity contribution in [3.05, 3.63) is 23.3 Å². The van der Waals surface area contributed by atoms with E-state index in [0.29, 0.717) is 12.3 Å². The molecule has 1 rings (SSSR count). The van der Waals surface area contributed by atoms with E-state index in [-0.39, 0.29) is 12.4 Å². The molecule has 0 bridgehead atoms. The van der Waals surface area contributed by atoms with Crippen molar-refractivity contribution in [3.8, 4) is 11.5 Å². The van der Waals surface area contributed by atoms with Gasteiger partial charge in [0.15, 0.2) is 11.5 Å². The maximum absolute atomic E-state index is 9.61. The average molecular weight is 239 g/mol. The Bertz CT molecular complexity index is 366. The molecule has 0 fully saturated rings. The fourth-order valence-corrected chi connectivity index (χ4v) is 1.74. The zero-order valence-electron chi connectivity index (χ0n) is 10.7. The van der Waals surface area contributed by atoms with E-state index in [0.717, 1.165) is 24.1 Å². The number of methoxy groups -OCH3 is 1. The third-order valence-electron chi connectivity index (χ3n) is 2.88. The van der Waals surface area contributed by atoms with E-state index in [1.807, 2.05) is 20.0 Å². The molecule has 0 aromatic heterocycles. The Balaban J connectivity index is 2.70. The van der Waals surface area contributed by atoms with Gasteiger partial charge in [0.25, 0.3) is 0 Å². The topological polar surface area (TPSA) is 52.9 Å². The summed E-state index contributed by atoms with van der Waals surface area (Å²) in [5.74, 6) is 0.688. The van der Waals surface area contributed by atoms with Crippen LogP contribution in [0.1, 0.15) is 11.1 Å². The van der Waals surface area contributed by atoms with Gasteiger partial charge in [-0.25, -0.2) is 0 Å². The Labute approximate surface area is 102 Å². The van der Waals surface area contributed by atoms with Gasteiger partial charge in [-0.15, -0.1) is 0 Å². The molecule has 17 heavy (non-hydrogen) atoms. The van der Waals surface area contributed by atoms with Crippen LogP contribution in [0.5, 0.6) is 11.5 Å². The van der Waals surface area contributed by atoms with Gasteiger partial charge in [-0.1, -0.05) is 0 Å². The first-order valence-corrected chi connectivity index (χ1v) is 5.74. The van der Waals surface area contributed by atoms with Crippen molar-refractivity contribution in [1.29, 1.82) is 0 Å². The first kappa shape index (κ1) is 13.8. The molecule has 0 saturated carbocycles. The minimum absolute atomic E-state index is 0.175. The van der Waals surface area contributed by atoms with Gasteiger partial charge in [0, 0.05) is 13.1 Å². The number of aryl methyl sites for hydroxylation is 1. The van der Waals surface area contributed by atoms with Gasteiger partial charge in [0.2, 0.25) is 0 Å². The van der Waals surface area contributed by atoms with E-state index in [9.17, 15) is 5.11 Å². The van der Waals surface area contributed by atoms with Crippen molar-refractivity contribution < 1.29 is 14.9 Å². The maximum Gasteiger partial charge on any atom is 0.160 e. The molecule has 0 spiro atoms.